The third-order valence-electron chi connectivity index (χ3n) is 8.13. The quantitative estimate of drug-likeness (QED) is 0.618. The number of hydrogen-bond donors (Lipinski definition) is 1. The molecule has 7 nitrogen and oxygen atoms in total. The maximum Gasteiger partial charge on any atom is 0.256 e. The Bertz CT molecular complexity index is 1380. The van der Waals surface area contributed by atoms with Crippen molar-refractivity contribution >= 4 is 28.6 Å². The number of carbonyl (C=O) groups excluding carboxylic acids is 2. The first-order valence-corrected chi connectivity index (χ1v) is 12.8. The van der Waals surface area contributed by atoms with E-state index in [-0.39, 0.29) is 11.8 Å². The van der Waals surface area contributed by atoms with E-state index in [9.17, 15) is 9.59 Å². The average Bonchev–Trinajstić information content (AvgIpc) is 3.78. The number of carbonyl (C=O) groups is 2. The number of H-pyrrole nitrogens is 1. The minimum atomic E-state index is -0.528. The second kappa shape index (κ2) is 7.51. The first kappa shape index (κ1) is 20.9. The predicted octanol–water partition coefficient (Wildman–Crippen LogP) is 3.92. The van der Waals surface area contributed by atoms with Crippen LogP contribution >= 0.6 is 0 Å². The maximum absolute atomic E-state index is 13.3. The summed E-state index contributed by atoms with van der Waals surface area (Å²) in [4.78, 5) is 34.7. The fourth-order valence-corrected chi connectivity index (χ4v) is 5.65. The summed E-state index contributed by atoms with van der Waals surface area (Å²) in [7, 11) is 0. The third-order valence-corrected chi connectivity index (χ3v) is 8.13. The van der Waals surface area contributed by atoms with Crippen molar-refractivity contribution < 1.29 is 9.59 Å². The van der Waals surface area contributed by atoms with E-state index in [0.717, 1.165) is 84.3 Å². The molecule has 35 heavy (non-hydrogen) atoms. The Morgan fingerprint density at radius 3 is 2.54 bits per heavy atom. The number of nitrogens with zero attached hydrogens (tertiary/aromatic N) is 4. The van der Waals surface area contributed by atoms with Crippen LogP contribution in [-0.2, 0) is 9.59 Å². The number of fused-ring (bicyclic) bond motifs is 1. The highest BCUT2D eigenvalue weighted by Crippen LogP contribution is 2.46. The summed E-state index contributed by atoms with van der Waals surface area (Å²) in [6, 6.07) is 14.7. The van der Waals surface area contributed by atoms with Crippen molar-refractivity contribution in [3.63, 3.8) is 0 Å². The molecule has 1 saturated heterocycles. The van der Waals surface area contributed by atoms with E-state index in [4.69, 9.17) is 4.99 Å². The molecule has 1 spiro atoms. The summed E-state index contributed by atoms with van der Waals surface area (Å²) < 4.78 is 0. The van der Waals surface area contributed by atoms with Gasteiger partial charge in [0.1, 0.15) is 11.4 Å². The van der Waals surface area contributed by atoms with Crippen molar-refractivity contribution in [3.05, 3.63) is 53.7 Å². The largest absolute Gasteiger partial charge is 0.342 e. The molecule has 3 aromatic rings. The van der Waals surface area contributed by atoms with Gasteiger partial charge < -0.3 is 4.90 Å². The van der Waals surface area contributed by atoms with Gasteiger partial charge in [0.05, 0.1) is 5.52 Å². The molecule has 2 saturated carbocycles. The molecule has 1 aromatic heterocycles. The van der Waals surface area contributed by atoms with Gasteiger partial charge in [0, 0.05) is 42.2 Å². The Morgan fingerprint density at radius 2 is 1.80 bits per heavy atom. The Kier molecular flexibility index (Phi) is 4.47. The average molecular weight is 468 g/mol. The highest BCUT2D eigenvalue weighted by Gasteiger charge is 2.57. The van der Waals surface area contributed by atoms with Crippen LogP contribution in [0.5, 0.6) is 0 Å². The molecule has 1 N–H and O–H groups in total. The zero-order valence-corrected chi connectivity index (χ0v) is 20.0. The number of aliphatic imine (C=N–C) groups is 1. The highest BCUT2D eigenvalue weighted by atomic mass is 16.2. The molecule has 2 aliphatic heterocycles. The van der Waals surface area contributed by atoms with Crippen LogP contribution in [0, 0.1) is 18.8 Å². The van der Waals surface area contributed by atoms with E-state index in [1.54, 1.807) is 0 Å². The van der Waals surface area contributed by atoms with Crippen LogP contribution in [0.4, 0.5) is 0 Å². The first-order chi connectivity index (χ1) is 17.0. The number of benzene rings is 2. The fraction of sp³-hybridized carbons (Fsp3) is 0.429. The minimum absolute atomic E-state index is 0.143. The number of aryl methyl sites for hydroxylation is 1. The number of amides is 2. The number of hydrogen-bond acceptors (Lipinski definition) is 4. The molecule has 2 aliphatic carbocycles. The van der Waals surface area contributed by atoms with Gasteiger partial charge in [0.25, 0.3) is 5.91 Å². The summed E-state index contributed by atoms with van der Waals surface area (Å²) in [5.74, 6) is 1.82. The van der Waals surface area contributed by atoms with Crippen molar-refractivity contribution in [3.8, 4) is 11.1 Å². The summed E-state index contributed by atoms with van der Waals surface area (Å²) in [5.41, 5.74) is 4.75. The molecule has 1 atom stereocenters. The standard InChI is InChI=1S/C28H29N5O2/c1-17-23-14-22(8-9-24(23)31-30-17)19-2-4-20(5-3-19)25-29-28(11-12-28)27(35)33(25)16-18-10-13-32(15-18)26(34)21-6-7-21/h2-5,8-9,14,18,21H,6-7,10-13,15-16H2,1H3,(H,30,31)/t18-/m1/s1. The Labute approximate surface area is 204 Å². The highest BCUT2D eigenvalue weighted by molar-refractivity contribution is 6.16. The van der Waals surface area contributed by atoms with Gasteiger partial charge in [0.2, 0.25) is 5.91 Å². The number of aromatic amines is 1. The van der Waals surface area contributed by atoms with Crippen LogP contribution in [0.2, 0.25) is 0 Å². The summed E-state index contributed by atoms with van der Waals surface area (Å²) in [6.07, 6.45) is 4.71. The van der Waals surface area contributed by atoms with Crippen molar-refractivity contribution in [1.82, 2.24) is 20.0 Å². The van der Waals surface area contributed by atoms with Crippen LogP contribution in [0.3, 0.4) is 0 Å². The monoisotopic (exact) mass is 467 g/mol. The van der Waals surface area contributed by atoms with Gasteiger partial charge in [-0.25, -0.2) is 0 Å². The molecular weight excluding hydrogens is 438 g/mol. The van der Waals surface area contributed by atoms with Crippen molar-refractivity contribution in [2.45, 2.75) is 44.6 Å². The van der Waals surface area contributed by atoms with Crippen molar-refractivity contribution in [2.24, 2.45) is 16.8 Å². The van der Waals surface area contributed by atoms with Crippen LogP contribution in [0.15, 0.2) is 47.5 Å². The second-order valence-electron chi connectivity index (χ2n) is 10.8. The zero-order chi connectivity index (χ0) is 23.7. The van der Waals surface area contributed by atoms with Crippen LogP contribution < -0.4 is 0 Å². The van der Waals surface area contributed by atoms with E-state index in [0.29, 0.717) is 18.4 Å². The minimum Gasteiger partial charge on any atom is -0.342 e. The SMILES string of the molecule is Cc1[nH]nc2ccc(-c3ccc(C4=NC5(CC5)C(=O)N4C[C@@H]4CCN(C(=O)C5CC5)C4)cc3)cc12. The van der Waals surface area contributed by atoms with E-state index >= 15 is 0 Å². The Hall–Kier alpha value is -3.48. The predicted molar refractivity (Wildman–Crippen MR) is 134 cm³/mol. The van der Waals surface area contributed by atoms with E-state index < -0.39 is 5.54 Å². The lowest BCUT2D eigenvalue weighted by Gasteiger charge is -2.23. The third kappa shape index (κ3) is 3.48. The Morgan fingerprint density at radius 1 is 1.06 bits per heavy atom. The van der Waals surface area contributed by atoms with Gasteiger partial charge in [0.15, 0.2) is 0 Å². The molecule has 0 unspecified atom stereocenters. The number of aromatic nitrogens is 2. The van der Waals surface area contributed by atoms with Crippen LogP contribution in [0.25, 0.3) is 22.0 Å². The molecule has 3 fully saturated rings. The summed E-state index contributed by atoms with van der Waals surface area (Å²) in [5, 5.41) is 8.50. The topological polar surface area (TPSA) is 81.7 Å². The van der Waals surface area contributed by atoms with Gasteiger partial charge in [-0.1, -0.05) is 30.3 Å². The van der Waals surface area contributed by atoms with E-state index in [1.165, 1.54) is 0 Å². The number of likely N-dealkylation sites (tertiary alicyclic amines) is 1. The lowest BCUT2D eigenvalue weighted by Crippen LogP contribution is -2.40. The molecule has 2 aromatic carbocycles. The molecule has 2 amide bonds. The fourth-order valence-electron chi connectivity index (χ4n) is 5.65. The normalized spacial score (nSPS) is 22.9. The van der Waals surface area contributed by atoms with E-state index in [2.05, 4.69) is 46.6 Å². The van der Waals surface area contributed by atoms with Gasteiger partial charge in [-0.2, -0.15) is 5.10 Å². The molecule has 178 valence electrons. The van der Waals surface area contributed by atoms with Gasteiger partial charge in [-0.05, 0) is 68.2 Å². The van der Waals surface area contributed by atoms with Gasteiger partial charge in [-0.3, -0.25) is 24.6 Å². The molecule has 4 aliphatic rings. The lowest BCUT2D eigenvalue weighted by molar-refractivity contribution is -0.131. The summed E-state index contributed by atoms with van der Waals surface area (Å²) in [6.45, 7) is 4.25. The number of rotatable bonds is 5. The maximum atomic E-state index is 13.3. The van der Waals surface area contributed by atoms with Crippen LogP contribution in [0.1, 0.15) is 43.4 Å². The molecular formula is C28H29N5O2. The number of amidine groups is 1. The lowest BCUT2D eigenvalue weighted by atomic mass is 10.0. The van der Waals surface area contributed by atoms with Crippen molar-refractivity contribution in [2.75, 3.05) is 19.6 Å². The smallest absolute Gasteiger partial charge is 0.256 e. The van der Waals surface area contributed by atoms with Gasteiger partial charge >= 0.3 is 0 Å². The molecule has 0 radical (unpaired) electrons. The number of nitrogens with one attached hydrogen (secondary N) is 1. The second-order valence-corrected chi connectivity index (χ2v) is 10.8. The molecule has 0 bridgehead atoms. The van der Waals surface area contributed by atoms with Gasteiger partial charge in [-0.15, -0.1) is 0 Å². The molecule has 7 rings (SSSR count). The molecule has 3 heterocycles. The van der Waals surface area contributed by atoms with E-state index in [1.807, 2.05) is 22.8 Å². The molecule has 7 heteroatoms. The summed E-state index contributed by atoms with van der Waals surface area (Å²) >= 11 is 0. The first-order valence-electron chi connectivity index (χ1n) is 12.8. The zero-order valence-electron chi connectivity index (χ0n) is 20.0. The van der Waals surface area contributed by atoms with Crippen LogP contribution in [-0.4, -0.2) is 62.8 Å². The Balaban J connectivity index is 1.12. The van der Waals surface area contributed by atoms with Crippen molar-refractivity contribution in [1.29, 1.82) is 0 Å².